The minimum Gasteiger partial charge on any atom is -0.493 e. The monoisotopic (exact) mass is 618 g/mol. The Balaban J connectivity index is 0.000000178. The van der Waals surface area contributed by atoms with Crippen LogP contribution in [0.3, 0.4) is 0 Å². The Morgan fingerprint density at radius 1 is 0.778 bits per heavy atom. The highest BCUT2D eigenvalue weighted by Crippen LogP contribution is 2.50. The van der Waals surface area contributed by atoms with Crippen molar-refractivity contribution < 1.29 is 28.5 Å². The van der Waals surface area contributed by atoms with E-state index in [1.165, 1.54) is 11.1 Å². The molecule has 2 aromatic carbocycles. The fourth-order valence-corrected chi connectivity index (χ4v) is 8.42. The van der Waals surface area contributed by atoms with E-state index in [-0.39, 0.29) is 22.7 Å². The topological polar surface area (TPSA) is 77.5 Å². The highest BCUT2D eigenvalue weighted by molar-refractivity contribution is 5.92. The molecule has 2 heterocycles. The van der Waals surface area contributed by atoms with E-state index in [0.717, 1.165) is 61.9 Å². The van der Waals surface area contributed by atoms with Crippen molar-refractivity contribution in [3.8, 4) is 23.0 Å². The number of carbonyl (C=O) groups is 2. The van der Waals surface area contributed by atoms with Crippen molar-refractivity contribution in [2.45, 2.75) is 88.3 Å². The van der Waals surface area contributed by atoms with Crippen LogP contribution < -0.4 is 18.9 Å². The van der Waals surface area contributed by atoms with E-state index in [9.17, 15) is 9.59 Å². The Kier molecular flexibility index (Phi) is 9.94. The molecule has 6 rings (SSSR count). The highest BCUT2D eigenvalue weighted by Gasteiger charge is 2.52. The summed E-state index contributed by atoms with van der Waals surface area (Å²) in [5, 5.41) is 0. The van der Waals surface area contributed by atoms with Gasteiger partial charge in [-0.3, -0.25) is 19.4 Å². The number of nitrogens with zero attached hydrogens (tertiary/aromatic N) is 2. The molecule has 0 N–H and O–H groups in total. The number of hydrogen-bond donors (Lipinski definition) is 0. The minimum absolute atomic E-state index is 0.0672. The first kappa shape index (κ1) is 33.0. The number of hydrogen-bond acceptors (Lipinski definition) is 8. The molecule has 4 aliphatic rings. The van der Waals surface area contributed by atoms with Crippen LogP contribution in [0, 0.1) is 0 Å². The second kappa shape index (κ2) is 13.6. The summed E-state index contributed by atoms with van der Waals surface area (Å²) in [5.41, 5.74) is 2.46. The fraction of sp³-hybridized carbons (Fsp3) is 0.568. The zero-order valence-electron chi connectivity index (χ0n) is 28.1. The smallest absolute Gasteiger partial charge is 0.161 e. The summed E-state index contributed by atoms with van der Waals surface area (Å²) in [7, 11) is 6.64. The van der Waals surface area contributed by atoms with Gasteiger partial charge in [0, 0.05) is 48.2 Å². The van der Waals surface area contributed by atoms with E-state index in [4.69, 9.17) is 18.9 Å². The molecule has 3 fully saturated rings. The summed E-state index contributed by atoms with van der Waals surface area (Å²) in [6.07, 6.45) is 8.91. The summed E-state index contributed by atoms with van der Waals surface area (Å²) in [4.78, 5) is 28.9. The van der Waals surface area contributed by atoms with Crippen LogP contribution >= 0.6 is 0 Å². The third-order valence-corrected chi connectivity index (χ3v) is 10.9. The molecule has 8 nitrogen and oxygen atoms in total. The summed E-state index contributed by atoms with van der Waals surface area (Å²) in [6.45, 7) is 9.67. The molecule has 0 spiro atoms. The van der Waals surface area contributed by atoms with Crippen molar-refractivity contribution in [3.05, 3.63) is 59.7 Å². The number of Topliss-reactive ketones (excluding diaryl/α,β-unsaturated/α-hetero) is 1. The SMILES string of the molecule is CCN1CC[C@@]2(c3ccc(OC)c(OC)c3)C=CC(=O)C[C@@H]12.COc1ccc([C@]23CCC(=O)C[C@H]2N(C(C)C)CC3)cc1OC. The lowest BCUT2D eigenvalue weighted by Gasteiger charge is -2.43. The maximum atomic E-state index is 12.1. The summed E-state index contributed by atoms with van der Waals surface area (Å²) in [5.74, 6) is 3.64. The Labute approximate surface area is 268 Å². The van der Waals surface area contributed by atoms with Gasteiger partial charge >= 0.3 is 0 Å². The van der Waals surface area contributed by atoms with Crippen LogP contribution in [0.1, 0.15) is 70.4 Å². The molecule has 0 radical (unpaired) electrons. The van der Waals surface area contributed by atoms with Crippen LogP contribution in [0.5, 0.6) is 23.0 Å². The predicted octanol–water partition coefficient (Wildman–Crippen LogP) is 5.74. The Bertz CT molecular complexity index is 1420. The number of methoxy groups -OCH3 is 4. The predicted molar refractivity (Wildman–Crippen MR) is 176 cm³/mol. The van der Waals surface area contributed by atoms with E-state index in [0.29, 0.717) is 37.1 Å². The highest BCUT2D eigenvalue weighted by atomic mass is 16.5. The first-order valence-electron chi connectivity index (χ1n) is 16.3. The second-order valence-electron chi connectivity index (χ2n) is 13.1. The molecular formula is C37H50N2O6. The summed E-state index contributed by atoms with van der Waals surface area (Å²) >= 11 is 0. The average molecular weight is 619 g/mol. The standard InChI is InChI=1S/C19H27NO3.C18H23NO3/c1-13(2)20-10-9-19(8-7-15(21)12-18(19)20)14-5-6-16(22-3)17(11-14)23-4;1-4-19-10-9-18(8-7-14(20)12-17(18)19)13-5-6-15(21-2)16(11-13)22-3/h5-6,11,13,18H,7-10,12H2,1-4H3;5-8,11,17H,4,9-10,12H2,1-3H3/t18-,19-;17-,18-/m11/s1. The number of fused-ring (bicyclic) bond motifs is 2. The number of ketones is 2. The number of likely N-dealkylation sites (N-methyl/N-ethyl adjacent to an activating group) is 1. The third-order valence-electron chi connectivity index (χ3n) is 10.9. The van der Waals surface area contributed by atoms with Crippen LogP contribution in [-0.4, -0.2) is 87.6 Å². The number of benzene rings is 2. The molecular weight excluding hydrogens is 568 g/mol. The quantitative estimate of drug-likeness (QED) is 0.371. The number of ether oxygens (including phenoxy) is 4. The number of carbonyl (C=O) groups excluding carboxylic acids is 2. The molecule has 2 aliphatic heterocycles. The molecule has 4 atom stereocenters. The molecule has 0 unspecified atom stereocenters. The van der Waals surface area contributed by atoms with Gasteiger partial charge < -0.3 is 18.9 Å². The molecule has 2 aromatic rings. The molecule has 2 aliphatic carbocycles. The van der Waals surface area contributed by atoms with Crippen LogP contribution in [0.2, 0.25) is 0 Å². The van der Waals surface area contributed by atoms with E-state index >= 15 is 0 Å². The van der Waals surface area contributed by atoms with E-state index in [2.05, 4.69) is 60.9 Å². The maximum absolute atomic E-state index is 12.1. The largest absolute Gasteiger partial charge is 0.493 e. The number of likely N-dealkylation sites (tertiary alicyclic amines) is 2. The first-order chi connectivity index (χ1) is 21.7. The lowest BCUT2D eigenvalue weighted by atomic mass is 9.66. The van der Waals surface area contributed by atoms with Gasteiger partial charge in [-0.2, -0.15) is 0 Å². The third kappa shape index (κ3) is 5.99. The molecule has 8 heteroatoms. The number of allylic oxidation sites excluding steroid dienone is 1. The van der Waals surface area contributed by atoms with Gasteiger partial charge in [0.25, 0.3) is 0 Å². The van der Waals surface area contributed by atoms with Crippen LogP contribution in [-0.2, 0) is 20.4 Å². The summed E-state index contributed by atoms with van der Waals surface area (Å²) < 4.78 is 21.7. The van der Waals surface area contributed by atoms with Gasteiger partial charge in [0.2, 0.25) is 0 Å². The van der Waals surface area contributed by atoms with Gasteiger partial charge in [-0.15, -0.1) is 0 Å². The molecule has 45 heavy (non-hydrogen) atoms. The summed E-state index contributed by atoms with van der Waals surface area (Å²) in [6, 6.07) is 13.4. The molecule has 0 aromatic heterocycles. The van der Waals surface area contributed by atoms with Crippen molar-refractivity contribution >= 4 is 11.6 Å². The van der Waals surface area contributed by atoms with E-state index < -0.39 is 0 Å². The zero-order valence-corrected chi connectivity index (χ0v) is 28.1. The fourth-order valence-electron chi connectivity index (χ4n) is 8.42. The normalized spacial score (nSPS) is 27.9. The number of rotatable bonds is 8. The average Bonchev–Trinajstić information content (AvgIpc) is 3.64. The van der Waals surface area contributed by atoms with Crippen molar-refractivity contribution in [2.24, 2.45) is 0 Å². The first-order valence-corrected chi connectivity index (χ1v) is 16.3. The Morgan fingerprint density at radius 3 is 2.00 bits per heavy atom. The second-order valence-corrected chi connectivity index (χ2v) is 13.1. The maximum Gasteiger partial charge on any atom is 0.161 e. The molecule has 0 bridgehead atoms. The van der Waals surface area contributed by atoms with Gasteiger partial charge in [-0.05, 0) is 94.2 Å². The van der Waals surface area contributed by atoms with Crippen molar-refractivity contribution in [1.29, 1.82) is 0 Å². The minimum atomic E-state index is -0.0938. The van der Waals surface area contributed by atoms with Gasteiger partial charge in [-0.1, -0.05) is 25.1 Å². The molecule has 0 amide bonds. The zero-order chi connectivity index (χ0) is 32.4. The lowest BCUT2D eigenvalue weighted by molar-refractivity contribution is -0.123. The van der Waals surface area contributed by atoms with Gasteiger partial charge in [0.05, 0.1) is 28.4 Å². The Hall–Kier alpha value is -3.36. The van der Waals surface area contributed by atoms with Gasteiger partial charge in [0.15, 0.2) is 28.8 Å². The van der Waals surface area contributed by atoms with Crippen molar-refractivity contribution in [3.63, 3.8) is 0 Å². The van der Waals surface area contributed by atoms with E-state index in [1.807, 2.05) is 12.1 Å². The molecule has 244 valence electrons. The lowest BCUT2D eigenvalue weighted by Crippen LogP contribution is -2.49. The Morgan fingerprint density at radius 2 is 1.40 bits per heavy atom. The molecule has 1 saturated carbocycles. The van der Waals surface area contributed by atoms with Gasteiger partial charge in [-0.25, -0.2) is 0 Å². The molecule has 2 saturated heterocycles. The van der Waals surface area contributed by atoms with E-state index in [1.54, 1.807) is 34.5 Å². The van der Waals surface area contributed by atoms with Crippen LogP contribution in [0.4, 0.5) is 0 Å². The van der Waals surface area contributed by atoms with Crippen molar-refractivity contribution in [2.75, 3.05) is 48.1 Å². The van der Waals surface area contributed by atoms with Crippen molar-refractivity contribution in [1.82, 2.24) is 9.80 Å². The van der Waals surface area contributed by atoms with Crippen LogP contribution in [0.25, 0.3) is 0 Å². The van der Waals surface area contributed by atoms with Gasteiger partial charge in [0.1, 0.15) is 5.78 Å². The van der Waals surface area contributed by atoms with Crippen LogP contribution in [0.15, 0.2) is 48.6 Å².